The fraction of sp³-hybridized carbons (Fsp3) is 0.417. The minimum absolute atomic E-state index is 0.125. The number of amides is 1. The molecular weight excluding hydrogens is 306 g/mol. The predicted octanol–water partition coefficient (Wildman–Crippen LogP) is 1.58. The van der Waals surface area contributed by atoms with E-state index >= 15 is 0 Å². The number of methoxy groups -OCH3 is 1. The highest BCUT2D eigenvalue weighted by molar-refractivity contribution is 7.90. The molecule has 0 bridgehead atoms. The van der Waals surface area contributed by atoms with Crippen LogP contribution in [0.3, 0.4) is 0 Å². The first-order valence-corrected chi connectivity index (χ1v) is 7.69. The number of hydrogen-bond donors (Lipinski definition) is 1. The Labute approximate surface area is 123 Å². The van der Waals surface area contributed by atoms with Crippen LogP contribution in [-0.4, -0.2) is 34.1 Å². The van der Waals surface area contributed by atoms with Crippen molar-refractivity contribution in [3.8, 4) is 5.75 Å². The van der Waals surface area contributed by atoms with Crippen molar-refractivity contribution in [3.63, 3.8) is 0 Å². The molecule has 0 aliphatic heterocycles. The zero-order valence-electron chi connectivity index (χ0n) is 11.3. The minimum Gasteiger partial charge on any atom is -0.495 e. The van der Waals surface area contributed by atoms with Crippen molar-refractivity contribution in [3.05, 3.63) is 23.2 Å². The Balaban J connectivity index is 2.94. The molecule has 0 saturated carbocycles. The van der Waals surface area contributed by atoms with Crippen molar-refractivity contribution >= 4 is 27.5 Å². The van der Waals surface area contributed by atoms with Gasteiger partial charge in [0.2, 0.25) is 0 Å². The molecule has 20 heavy (non-hydrogen) atoms. The van der Waals surface area contributed by atoms with Crippen LogP contribution in [0.5, 0.6) is 5.75 Å². The van der Waals surface area contributed by atoms with Crippen LogP contribution < -0.4 is 9.46 Å². The second-order valence-corrected chi connectivity index (χ2v) is 5.95. The fourth-order valence-corrected chi connectivity index (χ4v) is 2.81. The first kappa shape index (κ1) is 16.7. The molecule has 0 aromatic heterocycles. The highest BCUT2D eigenvalue weighted by Gasteiger charge is 2.22. The number of carbonyl (C=O) groups excluding carboxylic acids is 1. The summed E-state index contributed by atoms with van der Waals surface area (Å²) in [7, 11) is -2.57. The molecule has 8 heteroatoms. The van der Waals surface area contributed by atoms with Crippen LogP contribution >= 0.6 is 11.6 Å². The SMILES string of the molecule is CCOC(C)C(=O)NS(=O)(=O)c1ccc(OC)c(Cl)c1. The van der Waals surface area contributed by atoms with Gasteiger partial charge < -0.3 is 9.47 Å². The summed E-state index contributed by atoms with van der Waals surface area (Å²) in [6.45, 7) is 3.49. The lowest BCUT2D eigenvalue weighted by atomic mass is 10.3. The molecular formula is C12H16ClNO5S. The standard InChI is InChI=1S/C12H16ClNO5S/c1-4-19-8(2)12(15)14-20(16,17)9-5-6-11(18-3)10(13)7-9/h5-8H,4H2,1-3H3,(H,14,15). The topological polar surface area (TPSA) is 81.7 Å². The van der Waals surface area contributed by atoms with Crippen LogP contribution in [0.1, 0.15) is 13.8 Å². The maximum absolute atomic E-state index is 12.0. The van der Waals surface area contributed by atoms with Gasteiger partial charge in [0.05, 0.1) is 17.0 Å². The molecule has 1 amide bonds. The predicted molar refractivity (Wildman–Crippen MR) is 74.4 cm³/mol. The van der Waals surface area contributed by atoms with Gasteiger partial charge in [-0.25, -0.2) is 13.1 Å². The summed E-state index contributed by atoms with van der Waals surface area (Å²) in [4.78, 5) is 11.5. The molecule has 0 saturated heterocycles. The summed E-state index contributed by atoms with van der Waals surface area (Å²) >= 11 is 5.86. The molecule has 1 atom stereocenters. The third-order valence-corrected chi connectivity index (χ3v) is 4.09. The number of rotatable bonds is 6. The molecule has 1 aromatic carbocycles. The van der Waals surface area contributed by atoms with Crippen molar-refractivity contribution in [1.82, 2.24) is 4.72 Å². The Hall–Kier alpha value is -1.31. The average Bonchev–Trinajstić information content (AvgIpc) is 2.38. The van der Waals surface area contributed by atoms with Gasteiger partial charge in [0.1, 0.15) is 11.9 Å². The molecule has 0 aliphatic carbocycles. The minimum atomic E-state index is -3.99. The number of benzene rings is 1. The monoisotopic (exact) mass is 321 g/mol. The van der Waals surface area contributed by atoms with Gasteiger partial charge in [-0.1, -0.05) is 11.6 Å². The Morgan fingerprint density at radius 1 is 1.45 bits per heavy atom. The van der Waals surface area contributed by atoms with Crippen LogP contribution in [0, 0.1) is 0 Å². The van der Waals surface area contributed by atoms with E-state index in [2.05, 4.69) is 0 Å². The van der Waals surface area contributed by atoms with E-state index in [9.17, 15) is 13.2 Å². The molecule has 1 N–H and O–H groups in total. The number of nitrogens with one attached hydrogen (secondary N) is 1. The van der Waals surface area contributed by atoms with Gasteiger partial charge in [-0.05, 0) is 32.0 Å². The zero-order chi connectivity index (χ0) is 15.3. The lowest BCUT2D eigenvalue weighted by molar-refractivity contribution is -0.129. The Bertz CT molecular complexity index is 588. The quantitative estimate of drug-likeness (QED) is 0.860. The van der Waals surface area contributed by atoms with Gasteiger partial charge in [0.15, 0.2) is 0 Å². The second kappa shape index (κ2) is 6.92. The first-order chi connectivity index (χ1) is 9.31. The fourth-order valence-electron chi connectivity index (χ4n) is 1.41. The van der Waals surface area contributed by atoms with E-state index in [-0.39, 0.29) is 9.92 Å². The van der Waals surface area contributed by atoms with Crippen LogP contribution in [0.2, 0.25) is 5.02 Å². The van der Waals surface area contributed by atoms with E-state index in [1.807, 2.05) is 4.72 Å². The Morgan fingerprint density at radius 2 is 2.10 bits per heavy atom. The summed E-state index contributed by atoms with van der Waals surface area (Å²) in [6, 6.07) is 3.92. The lowest BCUT2D eigenvalue weighted by Gasteiger charge is -2.13. The molecule has 1 aromatic rings. The average molecular weight is 322 g/mol. The highest BCUT2D eigenvalue weighted by atomic mass is 35.5. The third-order valence-electron chi connectivity index (χ3n) is 2.45. The third kappa shape index (κ3) is 4.09. The zero-order valence-corrected chi connectivity index (χ0v) is 12.9. The molecule has 1 unspecified atom stereocenters. The summed E-state index contributed by atoms with van der Waals surface area (Å²) < 4.78 is 35.9. The van der Waals surface area contributed by atoms with E-state index in [1.165, 1.54) is 32.2 Å². The van der Waals surface area contributed by atoms with Gasteiger partial charge >= 0.3 is 0 Å². The van der Waals surface area contributed by atoms with Crippen LogP contribution in [0.25, 0.3) is 0 Å². The van der Waals surface area contributed by atoms with Crippen LogP contribution in [-0.2, 0) is 19.6 Å². The van der Waals surface area contributed by atoms with Gasteiger partial charge in [0, 0.05) is 6.61 Å². The van der Waals surface area contributed by atoms with Gasteiger partial charge in [-0.15, -0.1) is 0 Å². The van der Waals surface area contributed by atoms with Gasteiger partial charge in [-0.3, -0.25) is 4.79 Å². The van der Waals surface area contributed by atoms with Crippen molar-refractivity contribution in [1.29, 1.82) is 0 Å². The van der Waals surface area contributed by atoms with E-state index in [0.29, 0.717) is 12.4 Å². The van der Waals surface area contributed by atoms with Crippen LogP contribution in [0.15, 0.2) is 23.1 Å². The number of ether oxygens (including phenoxy) is 2. The molecule has 0 heterocycles. The normalized spacial score (nSPS) is 12.8. The van der Waals surface area contributed by atoms with E-state index < -0.39 is 22.0 Å². The van der Waals surface area contributed by atoms with Crippen molar-refractivity contribution in [2.75, 3.05) is 13.7 Å². The Morgan fingerprint density at radius 3 is 2.60 bits per heavy atom. The molecule has 0 aliphatic rings. The lowest BCUT2D eigenvalue weighted by Crippen LogP contribution is -2.38. The number of hydrogen-bond acceptors (Lipinski definition) is 5. The summed E-state index contributed by atoms with van der Waals surface area (Å²) in [5, 5.41) is 0.140. The molecule has 112 valence electrons. The smallest absolute Gasteiger partial charge is 0.264 e. The molecule has 1 rings (SSSR count). The van der Waals surface area contributed by atoms with Gasteiger partial charge in [-0.2, -0.15) is 0 Å². The maximum atomic E-state index is 12.0. The van der Waals surface area contributed by atoms with Gasteiger partial charge in [0.25, 0.3) is 15.9 Å². The maximum Gasteiger partial charge on any atom is 0.264 e. The molecule has 6 nitrogen and oxygen atoms in total. The molecule has 0 radical (unpaired) electrons. The number of sulfonamides is 1. The Kier molecular flexibility index (Phi) is 5.79. The largest absolute Gasteiger partial charge is 0.495 e. The molecule has 0 spiro atoms. The number of halogens is 1. The van der Waals surface area contributed by atoms with Crippen LogP contribution in [0.4, 0.5) is 0 Å². The van der Waals surface area contributed by atoms with Crippen molar-refractivity contribution in [2.24, 2.45) is 0 Å². The van der Waals surface area contributed by atoms with E-state index in [0.717, 1.165) is 0 Å². The number of carbonyl (C=O) groups is 1. The summed E-state index contributed by atoms with van der Waals surface area (Å²) in [5.41, 5.74) is 0. The highest BCUT2D eigenvalue weighted by Crippen LogP contribution is 2.26. The second-order valence-electron chi connectivity index (χ2n) is 3.86. The van der Waals surface area contributed by atoms with Crippen molar-refractivity contribution < 1.29 is 22.7 Å². The molecule has 0 fully saturated rings. The first-order valence-electron chi connectivity index (χ1n) is 5.83. The van der Waals surface area contributed by atoms with E-state index in [4.69, 9.17) is 21.1 Å². The van der Waals surface area contributed by atoms with E-state index in [1.54, 1.807) is 6.92 Å². The summed E-state index contributed by atoms with van der Waals surface area (Å²) in [5.74, 6) is -0.390. The summed E-state index contributed by atoms with van der Waals surface area (Å²) in [6.07, 6.45) is -0.858. The van der Waals surface area contributed by atoms with Crippen molar-refractivity contribution in [2.45, 2.75) is 24.8 Å².